The van der Waals surface area contributed by atoms with E-state index in [4.69, 9.17) is 4.74 Å². The molecule has 0 radical (unpaired) electrons. The van der Waals surface area contributed by atoms with E-state index in [1.165, 1.54) is 7.11 Å². The number of aromatic amines is 2. The first-order valence-electron chi connectivity index (χ1n) is 8.89. The van der Waals surface area contributed by atoms with Crippen molar-refractivity contribution in [1.29, 1.82) is 0 Å². The fourth-order valence-corrected chi connectivity index (χ4v) is 4.10. The minimum absolute atomic E-state index is 0.146. The third-order valence-corrected chi connectivity index (χ3v) is 5.32. The molecule has 1 unspecified atom stereocenters. The molecule has 8 nitrogen and oxygen atoms in total. The van der Waals surface area contributed by atoms with Crippen molar-refractivity contribution < 1.29 is 14.6 Å². The van der Waals surface area contributed by atoms with Crippen LogP contribution in [0.4, 0.5) is 5.82 Å². The molecule has 2 heterocycles. The molecule has 144 valence electrons. The molecule has 3 aromatic rings. The quantitative estimate of drug-likeness (QED) is 0.531. The molecule has 2 aliphatic rings. The van der Waals surface area contributed by atoms with Gasteiger partial charge in [0.1, 0.15) is 5.82 Å². The van der Waals surface area contributed by atoms with Gasteiger partial charge in [0.05, 0.1) is 24.3 Å². The number of allylic oxidation sites excluding steroid dienone is 1. The summed E-state index contributed by atoms with van der Waals surface area (Å²) in [6, 6.07) is 11.9. The van der Waals surface area contributed by atoms with E-state index in [0.717, 1.165) is 0 Å². The molecule has 0 saturated heterocycles. The van der Waals surface area contributed by atoms with E-state index in [1.807, 2.05) is 0 Å². The minimum atomic E-state index is -0.892. The molecular weight excluding hydrogens is 374 g/mol. The highest BCUT2D eigenvalue weighted by molar-refractivity contribution is 6.23. The minimum Gasteiger partial charge on any atom is -0.504 e. The van der Waals surface area contributed by atoms with Crippen molar-refractivity contribution in [2.75, 3.05) is 12.4 Å². The number of hydrogen-bond donors (Lipinski definition) is 4. The number of Topliss-reactive ketones (excluding diaryl/α,β-unsaturated/α-hetero) is 1. The summed E-state index contributed by atoms with van der Waals surface area (Å²) in [5.74, 6) is -0.903. The zero-order valence-electron chi connectivity index (χ0n) is 15.2. The third kappa shape index (κ3) is 2.29. The summed E-state index contributed by atoms with van der Waals surface area (Å²) in [6.45, 7) is 0. The monoisotopic (exact) mass is 389 g/mol. The lowest BCUT2D eigenvalue weighted by Gasteiger charge is -2.28. The molecule has 29 heavy (non-hydrogen) atoms. The predicted octanol–water partition coefficient (Wildman–Crippen LogP) is 1.94. The smallest absolute Gasteiger partial charge is 0.327 e. The number of anilines is 1. The first-order valence-corrected chi connectivity index (χ1v) is 8.89. The van der Waals surface area contributed by atoms with Gasteiger partial charge in [-0.05, 0) is 6.07 Å². The van der Waals surface area contributed by atoms with Crippen LogP contribution in [0.1, 0.15) is 33.0 Å². The number of fused-ring (bicyclic) bond motifs is 3. The number of nitrogens with one attached hydrogen (secondary N) is 3. The maximum Gasteiger partial charge on any atom is 0.327 e. The molecular formula is C21H15N3O5. The second-order valence-electron chi connectivity index (χ2n) is 6.82. The molecule has 0 bridgehead atoms. The standard InChI is InChI=1S/C21H15N3O5/c1-29-12-8-4-7-11(17(12)25)13-14-16(9-5-2-3-6-10(9)18(14)26)22-19-15(13)20(27)24-21(28)23-19/h2-8,13,25H,1H3,(H3,22,23,24,27,28). The topological polar surface area (TPSA) is 124 Å². The van der Waals surface area contributed by atoms with Gasteiger partial charge in [0.25, 0.3) is 5.56 Å². The van der Waals surface area contributed by atoms with Gasteiger partial charge in [-0.2, -0.15) is 0 Å². The first kappa shape index (κ1) is 17.1. The van der Waals surface area contributed by atoms with E-state index in [9.17, 15) is 19.5 Å². The molecule has 5 rings (SSSR count). The maximum atomic E-state index is 13.3. The van der Waals surface area contributed by atoms with Crippen LogP contribution in [-0.2, 0) is 0 Å². The normalized spacial score (nSPS) is 16.7. The van der Waals surface area contributed by atoms with Gasteiger partial charge >= 0.3 is 5.69 Å². The Bertz CT molecular complexity index is 1350. The van der Waals surface area contributed by atoms with Gasteiger partial charge < -0.3 is 15.2 Å². The SMILES string of the molecule is COc1cccc(C2C3=C(Nc4[nH]c(=O)[nH]c(=O)c42)c2ccccc2C3=O)c1O. The highest BCUT2D eigenvalue weighted by Crippen LogP contribution is 2.50. The van der Waals surface area contributed by atoms with Crippen LogP contribution < -0.4 is 21.3 Å². The summed E-state index contributed by atoms with van der Waals surface area (Å²) < 4.78 is 5.20. The number of hydrogen-bond acceptors (Lipinski definition) is 6. The number of ether oxygens (including phenoxy) is 1. The number of H-pyrrole nitrogens is 2. The van der Waals surface area contributed by atoms with Gasteiger partial charge in [-0.1, -0.05) is 36.4 Å². The Kier molecular flexibility index (Phi) is 3.51. The Morgan fingerprint density at radius 1 is 0.966 bits per heavy atom. The van der Waals surface area contributed by atoms with Crippen LogP contribution in [0.3, 0.4) is 0 Å². The average Bonchev–Trinajstić information content (AvgIpc) is 2.99. The van der Waals surface area contributed by atoms with E-state index >= 15 is 0 Å². The lowest BCUT2D eigenvalue weighted by molar-refractivity contribution is 0.103. The summed E-state index contributed by atoms with van der Waals surface area (Å²) in [5, 5.41) is 13.8. The van der Waals surface area contributed by atoms with E-state index in [1.54, 1.807) is 42.5 Å². The number of para-hydroxylation sites is 1. The largest absolute Gasteiger partial charge is 0.504 e. The van der Waals surface area contributed by atoms with Crippen LogP contribution in [0.25, 0.3) is 5.70 Å². The van der Waals surface area contributed by atoms with E-state index in [2.05, 4.69) is 15.3 Å². The Morgan fingerprint density at radius 2 is 1.72 bits per heavy atom. The van der Waals surface area contributed by atoms with Crippen molar-refractivity contribution in [3.05, 3.63) is 91.1 Å². The molecule has 1 atom stereocenters. The second kappa shape index (κ2) is 5.96. The summed E-state index contributed by atoms with van der Waals surface area (Å²) in [4.78, 5) is 42.7. The maximum absolute atomic E-state index is 13.3. The Labute approximate surface area is 163 Å². The number of phenolic OH excluding ortho intramolecular Hbond substituents is 1. The van der Waals surface area contributed by atoms with Crippen molar-refractivity contribution in [1.82, 2.24) is 9.97 Å². The summed E-state index contributed by atoms with van der Waals surface area (Å²) >= 11 is 0. The molecule has 4 N–H and O–H groups in total. The second-order valence-corrected chi connectivity index (χ2v) is 6.82. The van der Waals surface area contributed by atoms with E-state index < -0.39 is 17.2 Å². The van der Waals surface area contributed by atoms with E-state index in [0.29, 0.717) is 28.0 Å². The molecule has 2 aromatic carbocycles. The number of aromatic nitrogens is 2. The number of methoxy groups -OCH3 is 1. The van der Waals surface area contributed by atoms with Gasteiger partial charge in [0, 0.05) is 22.3 Å². The van der Waals surface area contributed by atoms with Gasteiger partial charge in [-0.25, -0.2) is 4.79 Å². The van der Waals surface area contributed by atoms with Crippen LogP contribution >= 0.6 is 0 Å². The van der Waals surface area contributed by atoms with Gasteiger partial charge in [0.15, 0.2) is 17.3 Å². The fraction of sp³-hybridized carbons (Fsp3) is 0.0952. The van der Waals surface area contributed by atoms with Crippen molar-refractivity contribution >= 4 is 17.3 Å². The van der Waals surface area contributed by atoms with Crippen molar-refractivity contribution in [3.8, 4) is 11.5 Å². The molecule has 1 aromatic heterocycles. The lowest BCUT2D eigenvalue weighted by Crippen LogP contribution is -2.33. The fourth-order valence-electron chi connectivity index (χ4n) is 4.10. The number of benzene rings is 2. The molecule has 0 fully saturated rings. The first-order chi connectivity index (χ1) is 14.0. The number of aromatic hydroxyl groups is 1. The highest BCUT2D eigenvalue weighted by atomic mass is 16.5. The van der Waals surface area contributed by atoms with Gasteiger partial charge in [-0.15, -0.1) is 0 Å². The molecule has 1 aliphatic carbocycles. The predicted molar refractivity (Wildman–Crippen MR) is 106 cm³/mol. The summed E-state index contributed by atoms with van der Waals surface area (Å²) in [6.07, 6.45) is 0. The molecule has 8 heteroatoms. The van der Waals surface area contributed by atoms with Crippen molar-refractivity contribution in [2.45, 2.75) is 5.92 Å². The molecule has 1 aliphatic heterocycles. The molecule has 0 amide bonds. The van der Waals surface area contributed by atoms with Crippen molar-refractivity contribution in [3.63, 3.8) is 0 Å². The van der Waals surface area contributed by atoms with Gasteiger partial charge in [0.2, 0.25) is 0 Å². The van der Waals surface area contributed by atoms with Crippen LogP contribution in [0.5, 0.6) is 11.5 Å². The molecule has 0 spiro atoms. The van der Waals surface area contributed by atoms with Crippen LogP contribution in [-0.4, -0.2) is 28.0 Å². The zero-order valence-corrected chi connectivity index (χ0v) is 15.2. The number of carbonyl (C=O) groups is 1. The summed E-state index contributed by atoms with van der Waals surface area (Å²) in [7, 11) is 1.42. The average molecular weight is 389 g/mol. The number of rotatable bonds is 2. The number of ketones is 1. The Morgan fingerprint density at radius 3 is 2.48 bits per heavy atom. The van der Waals surface area contributed by atoms with Crippen LogP contribution in [0.2, 0.25) is 0 Å². The lowest BCUT2D eigenvalue weighted by atomic mass is 9.81. The number of phenols is 1. The van der Waals surface area contributed by atoms with E-state index in [-0.39, 0.29) is 28.7 Å². The van der Waals surface area contributed by atoms with Crippen LogP contribution in [0, 0.1) is 0 Å². The van der Waals surface area contributed by atoms with Gasteiger partial charge in [-0.3, -0.25) is 19.6 Å². The van der Waals surface area contributed by atoms with Crippen molar-refractivity contribution in [2.24, 2.45) is 0 Å². The Hall–Kier alpha value is -4.07. The molecule has 0 saturated carbocycles. The summed E-state index contributed by atoms with van der Waals surface area (Å²) in [5.41, 5.74) is 1.17. The highest BCUT2D eigenvalue weighted by Gasteiger charge is 2.42. The Balaban J connectivity index is 1.87. The zero-order chi connectivity index (χ0) is 20.3. The third-order valence-electron chi connectivity index (χ3n) is 5.32. The van der Waals surface area contributed by atoms with Crippen LogP contribution in [0.15, 0.2) is 57.6 Å². The number of carbonyl (C=O) groups excluding carboxylic acids is 1.